The van der Waals surface area contributed by atoms with E-state index in [0.717, 1.165) is 0 Å². The summed E-state index contributed by atoms with van der Waals surface area (Å²) in [5.74, 6) is -0.858. The molecule has 12 heavy (non-hydrogen) atoms. The maximum Gasteiger partial charge on any atom is 0.225 e. The molecule has 0 bridgehead atoms. The molecule has 1 aliphatic carbocycles. The predicted octanol–water partition coefficient (Wildman–Crippen LogP) is 2.10. The Kier molecular flexibility index (Phi) is 3.29. The highest BCUT2D eigenvalue weighted by atomic mass is 35.5. The Morgan fingerprint density at radius 1 is 1.00 bits per heavy atom. The number of allylic oxidation sites excluding steroid dienone is 2. The molecule has 0 aromatic carbocycles. The first-order valence-electron chi connectivity index (χ1n) is 3.66. The van der Waals surface area contributed by atoms with E-state index in [2.05, 4.69) is 0 Å². The number of hydrogen-bond acceptors (Lipinski definition) is 2. The Bertz CT molecular complexity index is 211. The van der Waals surface area contributed by atoms with Gasteiger partial charge in [-0.2, -0.15) is 0 Å². The maximum atomic E-state index is 10.8. The molecule has 0 saturated heterocycles. The zero-order valence-electron chi connectivity index (χ0n) is 6.30. The van der Waals surface area contributed by atoms with Gasteiger partial charge in [-0.3, -0.25) is 9.59 Å². The molecule has 2 unspecified atom stereocenters. The standard InChI is InChI=1S/C8H8Cl2O2/c9-7(11)5-3-1-2-4-6(5)8(10)12/h1-2,5-6H,3-4H2. The fourth-order valence-electron chi connectivity index (χ4n) is 1.32. The van der Waals surface area contributed by atoms with Crippen molar-refractivity contribution in [2.45, 2.75) is 12.8 Å². The van der Waals surface area contributed by atoms with E-state index >= 15 is 0 Å². The van der Waals surface area contributed by atoms with Gasteiger partial charge in [0.05, 0.1) is 0 Å². The Balaban J connectivity index is 2.76. The average Bonchev–Trinajstić information content (AvgIpc) is 2.04. The minimum absolute atomic E-state index is 0.429. The van der Waals surface area contributed by atoms with Crippen molar-refractivity contribution in [2.75, 3.05) is 0 Å². The molecule has 2 nitrogen and oxygen atoms in total. The quantitative estimate of drug-likeness (QED) is 0.513. The van der Waals surface area contributed by atoms with Crippen LogP contribution in [0.2, 0.25) is 0 Å². The molecule has 0 N–H and O–H groups in total. The average molecular weight is 207 g/mol. The molecule has 2 atom stereocenters. The van der Waals surface area contributed by atoms with Crippen molar-refractivity contribution in [3.8, 4) is 0 Å². The molecule has 0 heterocycles. The van der Waals surface area contributed by atoms with E-state index in [1.807, 2.05) is 12.2 Å². The fraction of sp³-hybridized carbons (Fsp3) is 0.500. The number of halogens is 2. The lowest BCUT2D eigenvalue weighted by molar-refractivity contribution is -0.123. The molecule has 4 heteroatoms. The smallest absolute Gasteiger partial charge is 0.225 e. The molecule has 0 aromatic rings. The monoisotopic (exact) mass is 206 g/mol. The number of rotatable bonds is 2. The van der Waals surface area contributed by atoms with Crippen LogP contribution in [-0.4, -0.2) is 10.5 Å². The summed E-state index contributed by atoms with van der Waals surface area (Å²) in [7, 11) is 0. The van der Waals surface area contributed by atoms with Crippen LogP contribution < -0.4 is 0 Å². The molecule has 0 amide bonds. The molecule has 0 fully saturated rings. The van der Waals surface area contributed by atoms with Gasteiger partial charge in [0.1, 0.15) is 0 Å². The number of carbonyl (C=O) groups is 2. The van der Waals surface area contributed by atoms with E-state index in [1.54, 1.807) is 0 Å². The molecule has 0 saturated carbocycles. The molecular weight excluding hydrogens is 199 g/mol. The summed E-state index contributed by atoms with van der Waals surface area (Å²) in [6, 6.07) is 0. The predicted molar refractivity (Wildman–Crippen MR) is 47.1 cm³/mol. The first-order valence-corrected chi connectivity index (χ1v) is 4.42. The lowest BCUT2D eigenvalue weighted by Gasteiger charge is -2.21. The fourth-order valence-corrected chi connectivity index (χ4v) is 1.80. The second kappa shape index (κ2) is 4.06. The summed E-state index contributed by atoms with van der Waals surface area (Å²) in [6.45, 7) is 0. The number of hydrogen-bond donors (Lipinski definition) is 0. The summed E-state index contributed by atoms with van der Waals surface area (Å²) in [4.78, 5) is 21.7. The van der Waals surface area contributed by atoms with E-state index in [9.17, 15) is 9.59 Å². The van der Waals surface area contributed by atoms with E-state index in [0.29, 0.717) is 12.8 Å². The van der Waals surface area contributed by atoms with Crippen LogP contribution in [0.5, 0.6) is 0 Å². The minimum Gasteiger partial charge on any atom is -0.281 e. The molecular formula is C8H8Cl2O2. The molecule has 0 radical (unpaired) electrons. The first-order chi connectivity index (χ1) is 5.63. The lowest BCUT2D eigenvalue weighted by Crippen LogP contribution is -2.26. The van der Waals surface area contributed by atoms with Crippen molar-refractivity contribution < 1.29 is 9.59 Å². The highest BCUT2D eigenvalue weighted by molar-refractivity contribution is 6.66. The van der Waals surface area contributed by atoms with Crippen LogP contribution in [0.1, 0.15) is 12.8 Å². The van der Waals surface area contributed by atoms with Crippen LogP contribution in [0.15, 0.2) is 12.2 Å². The summed E-state index contributed by atoms with van der Waals surface area (Å²) < 4.78 is 0. The highest BCUT2D eigenvalue weighted by Crippen LogP contribution is 2.29. The molecule has 1 aliphatic rings. The summed E-state index contributed by atoms with van der Waals surface area (Å²) in [6.07, 6.45) is 4.74. The first kappa shape index (κ1) is 9.75. The van der Waals surface area contributed by atoms with Crippen molar-refractivity contribution in [2.24, 2.45) is 11.8 Å². The zero-order valence-corrected chi connectivity index (χ0v) is 7.81. The third-order valence-electron chi connectivity index (χ3n) is 2.02. The molecule has 0 aromatic heterocycles. The number of carbonyl (C=O) groups excluding carboxylic acids is 2. The van der Waals surface area contributed by atoms with Crippen molar-refractivity contribution in [3.05, 3.63) is 12.2 Å². The summed E-state index contributed by atoms with van der Waals surface area (Å²) >= 11 is 10.6. The molecule has 0 spiro atoms. The van der Waals surface area contributed by atoms with Gasteiger partial charge in [-0.15, -0.1) is 0 Å². The van der Waals surface area contributed by atoms with Crippen LogP contribution in [0.25, 0.3) is 0 Å². The van der Waals surface area contributed by atoms with Crippen molar-refractivity contribution >= 4 is 33.7 Å². The summed E-state index contributed by atoms with van der Waals surface area (Å²) in [5, 5.41) is -0.947. The van der Waals surface area contributed by atoms with E-state index < -0.39 is 22.3 Å². The SMILES string of the molecule is O=C(Cl)C1CC=CCC1C(=O)Cl. The topological polar surface area (TPSA) is 34.1 Å². The van der Waals surface area contributed by atoms with Gasteiger partial charge in [0.15, 0.2) is 0 Å². The van der Waals surface area contributed by atoms with Gasteiger partial charge in [0, 0.05) is 11.8 Å². The maximum absolute atomic E-state index is 10.8. The van der Waals surface area contributed by atoms with E-state index in [1.165, 1.54) is 0 Å². The molecule has 66 valence electrons. The van der Waals surface area contributed by atoms with Crippen LogP contribution in [0, 0.1) is 11.8 Å². The van der Waals surface area contributed by atoms with Gasteiger partial charge in [0.2, 0.25) is 10.5 Å². The normalized spacial score (nSPS) is 28.5. The van der Waals surface area contributed by atoms with Gasteiger partial charge in [0.25, 0.3) is 0 Å². The Hall–Kier alpha value is -0.340. The van der Waals surface area contributed by atoms with Crippen LogP contribution >= 0.6 is 23.2 Å². The van der Waals surface area contributed by atoms with Gasteiger partial charge in [-0.1, -0.05) is 12.2 Å². The van der Waals surface area contributed by atoms with Gasteiger partial charge in [-0.25, -0.2) is 0 Å². The lowest BCUT2D eigenvalue weighted by atomic mass is 9.85. The van der Waals surface area contributed by atoms with E-state index in [-0.39, 0.29) is 0 Å². The Labute approximate surface area is 80.5 Å². The second-order valence-electron chi connectivity index (χ2n) is 2.76. The van der Waals surface area contributed by atoms with Gasteiger partial charge in [-0.05, 0) is 36.0 Å². The van der Waals surface area contributed by atoms with E-state index in [4.69, 9.17) is 23.2 Å². The van der Waals surface area contributed by atoms with Gasteiger partial charge < -0.3 is 0 Å². The Morgan fingerprint density at radius 3 is 1.58 bits per heavy atom. The Morgan fingerprint density at radius 2 is 1.33 bits per heavy atom. The van der Waals surface area contributed by atoms with Crippen LogP contribution in [-0.2, 0) is 9.59 Å². The zero-order chi connectivity index (χ0) is 9.14. The van der Waals surface area contributed by atoms with Crippen molar-refractivity contribution in [3.63, 3.8) is 0 Å². The summed E-state index contributed by atoms with van der Waals surface area (Å²) in [5.41, 5.74) is 0. The minimum atomic E-state index is -0.474. The van der Waals surface area contributed by atoms with Crippen molar-refractivity contribution in [1.29, 1.82) is 0 Å². The van der Waals surface area contributed by atoms with Gasteiger partial charge >= 0.3 is 0 Å². The van der Waals surface area contributed by atoms with Crippen molar-refractivity contribution in [1.82, 2.24) is 0 Å². The van der Waals surface area contributed by atoms with Crippen LogP contribution in [0.3, 0.4) is 0 Å². The highest BCUT2D eigenvalue weighted by Gasteiger charge is 2.31. The molecule has 0 aliphatic heterocycles. The largest absolute Gasteiger partial charge is 0.281 e. The molecule has 1 rings (SSSR count). The third kappa shape index (κ3) is 2.08. The second-order valence-corrected chi connectivity index (χ2v) is 3.51. The van der Waals surface area contributed by atoms with Crippen LogP contribution in [0.4, 0.5) is 0 Å². The third-order valence-corrected chi connectivity index (χ3v) is 2.58.